The third-order valence-corrected chi connectivity index (χ3v) is 3.29. The maximum absolute atomic E-state index is 5.81. The zero-order chi connectivity index (χ0) is 10.9. The van der Waals surface area contributed by atoms with Crippen molar-refractivity contribution in [3.05, 3.63) is 0 Å². The second kappa shape index (κ2) is 8.12. The van der Waals surface area contributed by atoms with Gasteiger partial charge in [-0.1, -0.05) is 32.6 Å². The summed E-state index contributed by atoms with van der Waals surface area (Å²) in [7, 11) is 2.03. The summed E-state index contributed by atoms with van der Waals surface area (Å²) in [5, 5.41) is 3.23. The molecule has 0 saturated heterocycles. The van der Waals surface area contributed by atoms with E-state index in [9.17, 15) is 0 Å². The molecule has 0 amide bonds. The summed E-state index contributed by atoms with van der Waals surface area (Å²) in [6.45, 7) is 4.41. The molecule has 0 radical (unpaired) electrons. The summed E-state index contributed by atoms with van der Waals surface area (Å²) >= 11 is 0. The Morgan fingerprint density at radius 1 is 1.13 bits per heavy atom. The van der Waals surface area contributed by atoms with Gasteiger partial charge in [-0.2, -0.15) is 0 Å². The SMILES string of the molecule is CCCCCCCOC1CC(CNC)C1. The van der Waals surface area contributed by atoms with Gasteiger partial charge in [0.2, 0.25) is 0 Å². The summed E-state index contributed by atoms with van der Waals surface area (Å²) < 4.78 is 5.81. The number of nitrogens with one attached hydrogen (secondary N) is 1. The highest BCUT2D eigenvalue weighted by atomic mass is 16.5. The van der Waals surface area contributed by atoms with Crippen LogP contribution in [0.2, 0.25) is 0 Å². The molecule has 0 heterocycles. The van der Waals surface area contributed by atoms with E-state index in [-0.39, 0.29) is 0 Å². The van der Waals surface area contributed by atoms with E-state index >= 15 is 0 Å². The van der Waals surface area contributed by atoms with Crippen molar-refractivity contribution in [1.82, 2.24) is 5.32 Å². The molecule has 90 valence electrons. The first-order chi connectivity index (χ1) is 7.36. The van der Waals surface area contributed by atoms with E-state index in [2.05, 4.69) is 12.2 Å². The normalized spacial score (nSPS) is 25.2. The van der Waals surface area contributed by atoms with Crippen molar-refractivity contribution in [1.29, 1.82) is 0 Å². The molecule has 15 heavy (non-hydrogen) atoms. The van der Waals surface area contributed by atoms with Gasteiger partial charge in [-0.05, 0) is 38.8 Å². The largest absolute Gasteiger partial charge is 0.378 e. The van der Waals surface area contributed by atoms with Crippen molar-refractivity contribution in [2.45, 2.75) is 58.0 Å². The van der Waals surface area contributed by atoms with Gasteiger partial charge in [0.25, 0.3) is 0 Å². The van der Waals surface area contributed by atoms with Crippen LogP contribution in [0.25, 0.3) is 0 Å². The first kappa shape index (κ1) is 13.0. The highest BCUT2D eigenvalue weighted by molar-refractivity contribution is 4.81. The Labute approximate surface area is 94.8 Å². The fourth-order valence-corrected chi connectivity index (χ4v) is 2.22. The van der Waals surface area contributed by atoms with Crippen LogP contribution in [0.5, 0.6) is 0 Å². The predicted octanol–water partition coefficient (Wildman–Crippen LogP) is 2.97. The van der Waals surface area contributed by atoms with Crippen LogP contribution in [0.4, 0.5) is 0 Å². The van der Waals surface area contributed by atoms with Gasteiger partial charge in [0, 0.05) is 6.61 Å². The molecule has 0 bridgehead atoms. The van der Waals surface area contributed by atoms with E-state index in [0.717, 1.165) is 19.1 Å². The van der Waals surface area contributed by atoms with Crippen LogP contribution in [-0.4, -0.2) is 26.3 Å². The van der Waals surface area contributed by atoms with Crippen molar-refractivity contribution in [2.75, 3.05) is 20.2 Å². The minimum atomic E-state index is 0.578. The molecule has 2 heteroatoms. The highest BCUT2D eigenvalue weighted by Crippen LogP contribution is 2.29. The van der Waals surface area contributed by atoms with Crippen molar-refractivity contribution in [3.8, 4) is 0 Å². The second-order valence-corrected chi connectivity index (χ2v) is 4.80. The molecule has 1 fully saturated rings. The molecular weight excluding hydrogens is 186 g/mol. The van der Waals surface area contributed by atoms with Crippen molar-refractivity contribution >= 4 is 0 Å². The molecule has 0 spiro atoms. The monoisotopic (exact) mass is 213 g/mol. The van der Waals surface area contributed by atoms with Crippen LogP contribution in [-0.2, 0) is 4.74 Å². The van der Waals surface area contributed by atoms with Crippen LogP contribution in [0.15, 0.2) is 0 Å². The maximum atomic E-state index is 5.81. The van der Waals surface area contributed by atoms with E-state index in [1.54, 1.807) is 0 Å². The average molecular weight is 213 g/mol. The van der Waals surface area contributed by atoms with Gasteiger partial charge in [0.05, 0.1) is 6.10 Å². The zero-order valence-corrected chi connectivity index (χ0v) is 10.4. The summed E-state index contributed by atoms with van der Waals surface area (Å²) in [6.07, 6.45) is 9.82. The lowest BCUT2D eigenvalue weighted by Gasteiger charge is -2.35. The van der Waals surface area contributed by atoms with Gasteiger partial charge in [0.15, 0.2) is 0 Å². The Morgan fingerprint density at radius 2 is 1.87 bits per heavy atom. The second-order valence-electron chi connectivity index (χ2n) is 4.80. The minimum Gasteiger partial charge on any atom is -0.378 e. The maximum Gasteiger partial charge on any atom is 0.0581 e. The lowest BCUT2D eigenvalue weighted by Crippen LogP contribution is -2.37. The molecule has 1 aliphatic carbocycles. The number of ether oxygens (including phenoxy) is 1. The van der Waals surface area contributed by atoms with Crippen LogP contribution in [0, 0.1) is 5.92 Å². The zero-order valence-electron chi connectivity index (χ0n) is 10.4. The van der Waals surface area contributed by atoms with E-state index in [1.807, 2.05) is 7.05 Å². The molecule has 0 aliphatic heterocycles. The molecule has 0 atom stereocenters. The Morgan fingerprint density at radius 3 is 2.53 bits per heavy atom. The molecule has 0 aromatic heterocycles. The minimum absolute atomic E-state index is 0.578. The van der Waals surface area contributed by atoms with E-state index in [4.69, 9.17) is 4.74 Å². The number of hydrogen-bond donors (Lipinski definition) is 1. The molecule has 0 aromatic carbocycles. The molecule has 1 rings (SSSR count). The quantitative estimate of drug-likeness (QED) is 0.595. The van der Waals surface area contributed by atoms with Crippen LogP contribution in [0.1, 0.15) is 51.9 Å². The lowest BCUT2D eigenvalue weighted by molar-refractivity contribution is -0.0307. The van der Waals surface area contributed by atoms with Gasteiger partial charge in [-0.25, -0.2) is 0 Å². The number of hydrogen-bond acceptors (Lipinski definition) is 2. The molecule has 0 unspecified atom stereocenters. The highest BCUT2D eigenvalue weighted by Gasteiger charge is 2.28. The predicted molar refractivity (Wildman–Crippen MR) is 65.1 cm³/mol. The molecule has 1 aliphatic rings. The average Bonchev–Trinajstić information content (AvgIpc) is 2.19. The topological polar surface area (TPSA) is 21.3 Å². The third-order valence-electron chi connectivity index (χ3n) is 3.29. The fourth-order valence-electron chi connectivity index (χ4n) is 2.22. The molecule has 0 aromatic rings. The molecule has 1 N–H and O–H groups in total. The molecule has 1 saturated carbocycles. The van der Waals surface area contributed by atoms with Gasteiger partial charge < -0.3 is 10.1 Å². The van der Waals surface area contributed by atoms with Crippen molar-refractivity contribution in [2.24, 2.45) is 5.92 Å². The first-order valence-corrected chi connectivity index (χ1v) is 6.63. The summed E-state index contributed by atoms with van der Waals surface area (Å²) in [5.74, 6) is 0.875. The molecule has 2 nitrogen and oxygen atoms in total. The molecular formula is C13H27NO. The summed E-state index contributed by atoms with van der Waals surface area (Å²) in [4.78, 5) is 0. The third kappa shape index (κ3) is 5.53. The van der Waals surface area contributed by atoms with Gasteiger partial charge in [-0.15, -0.1) is 0 Å². The van der Waals surface area contributed by atoms with Crippen molar-refractivity contribution in [3.63, 3.8) is 0 Å². The fraction of sp³-hybridized carbons (Fsp3) is 1.00. The Kier molecular flexibility index (Phi) is 7.03. The van der Waals surface area contributed by atoms with Gasteiger partial charge >= 0.3 is 0 Å². The Balaban J connectivity index is 1.78. The van der Waals surface area contributed by atoms with Gasteiger partial charge in [0.1, 0.15) is 0 Å². The Hall–Kier alpha value is -0.0800. The van der Waals surface area contributed by atoms with Crippen molar-refractivity contribution < 1.29 is 4.74 Å². The Bertz CT molecular complexity index is 143. The standard InChI is InChI=1S/C13H27NO/c1-3-4-5-6-7-8-15-13-9-12(10-13)11-14-2/h12-14H,3-11H2,1-2H3. The van der Waals surface area contributed by atoms with Crippen LogP contribution in [0.3, 0.4) is 0 Å². The number of rotatable bonds is 9. The van der Waals surface area contributed by atoms with E-state index in [0.29, 0.717) is 6.10 Å². The lowest BCUT2D eigenvalue weighted by atomic mass is 9.82. The van der Waals surface area contributed by atoms with Crippen LogP contribution >= 0.6 is 0 Å². The van der Waals surface area contributed by atoms with E-state index < -0.39 is 0 Å². The van der Waals surface area contributed by atoms with E-state index in [1.165, 1.54) is 44.9 Å². The van der Waals surface area contributed by atoms with Crippen LogP contribution < -0.4 is 5.32 Å². The summed E-state index contributed by atoms with van der Waals surface area (Å²) in [6, 6.07) is 0. The summed E-state index contributed by atoms with van der Waals surface area (Å²) in [5.41, 5.74) is 0. The van der Waals surface area contributed by atoms with Gasteiger partial charge in [-0.3, -0.25) is 0 Å². The first-order valence-electron chi connectivity index (χ1n) is 6.63. The smallest absolute Gasteiger partial charge is 0.0581 e. The number of unbranched alkanes of at least 4 members (excludes halogenated alkanes) is 4.